The Morgan fingerprint density at radius 3 is 2.55 bits per heavy atom. The fraction of sp³-hybridized carbons (Fsp3) is 0.370. The molecule has 168 valence electrons. The van der Waals surface area contributed by atoms with Crippen molar-refractivity contribution in [2.75, 3.05) is 0 Å². The highest BCUT2D eigenvalue weighted by Gasteiger charge is 2.40. The lowest BCUT2D eigenvalue weighted by atomic mass is 9.95. The van der Waals surface area contributed by atoms with E-state index in [1.165, 1.54) is 6.42 Å². The van der Waals surface area contributed by atoms with Crippen molar-refractivity contribution in [2.45, 2.75) is 57.0 Å². The summed E-state index contributed by atoms with van der Waals surface area (Å²) in [5, 5.41) is 4.31. The highest BCUT2D eigenvalue weighted by atomic mass is 16.2. The molecule has 6 rings (SSSR count). The molecule has 4 aromatic rings. The van der Waals surface area contributed by atoms with Gasteiger partial charge in [0.15, 0.2) is 5.69 Å². The molecule has 1 atom stereocenters. The maximum atomic E-state index is 13.9. The highest BCUT2D eigenvalue weighted by Crippen LogP contribution is 2.41. The number of para-hydroxylation sites is 3. The normalized spacial score (nSPS) is 17.9. The van der Waals surface area contributed by atoms with Crippen molar-refractivity contribution in [3.05, 3.63) is 65.0 Å². The first-order valence-electron chi connectivity index (χ1n) is 12.1. The second-order valence-corrected chi connectivity index (χ2v) is 9.52. The van der Waals surface area contributed by atoms with E-state index in [0.717, 1.165) is 60.5 Å². The molecule has 2 fully saturated rings. The van der Waals surface area contributed by atoms with Crippen LogP contribution in [0, 0.1) is 5.92 Å². The molecule has 0 spiro atoms. The molecule has 6 heteroatoms. The Balaban J connectivity index is 1.49. The van der Waals surface area contributed by atoms with Crippen molar-refractivity contribution >= 4 is 27.8 Å². The summed E-state index contributed by atoms with van der Waals surface area (Å²) in [5.41, 5.74) is 3.24. The van der Waals surface area contributed by atoms with Crippen molar-refractivity contribution in [1.29, 1.82) is 0 Å². The molecule has 6 nitrogen and oxygen atoms in total. The molecule has 0 saturated heterocycles. The Kier molecular flexibility index (Phi) is 5.01. The van der Waals surface area contributed by atoms with Gasteiger partial charge in [-0.15, -0.1) is 0 Å². The molecule has 2 N–H and O–H groups in total. The zero-order chi connectivity index (χ0) is 22.4. The smallest absolute Gasteiger partial charge is 0.279 e. The van der Waals surface area contributed by atoms with Gasteiger partial charge in [-0.2, -0.15) is 0 Å². The maximum Gasteiger partial charge on any atom is 0.279 e. The zero-order valence-corrected chi connectivity index (χ0v) is 18.6. The van der Waals surface area contributed by atoms with Crippen molar-refractivity contribution in [2.24, 2.45) is 5.92 Å². The minimum Gasteiger partial charge on any atom is -0.353 e. The minimum absolute atomic E-state index is 0.0227. The van der Waals surface area contributed by atoms with Crippen LogP contribution in [0.5, 0.6) is 0 Å². The van der Waals surface area contributed by atoms with Gasteiger partial charge in [0.2, 0.25) is 5.91 Å². The Morgan fingerprint density at radius 2 is 1.76 bits per heavy atom. The third kappa shape index (κ3) is 3.73. The Bertz CT molecular complexity index is 1360. The van der Waals surface area contributed by atoms with Crippen LogP contribution in [0.3, 0.4) is 0 Å². The molecule has 0 aliphatic heterocycles. The van der Waals surface area contributed by atoms with Crippen LogP contribution in [0.15, 0.2) is 59.4 Å². The summed E-state index contributed by atoms with van der Waals surface area (Å²) in [6.07, 6.45) is 7.52. The lowest BCUT2D eigenvalue weighted by molar-refractivity contribution is -0.125. The molecule has 2 heterocycles. The monoisotopic (exact) mass is 440 g/mol. The SMILES string of the molecule is O=C(NC1CCCCC1)C(C1CC1)n1c(=O)c(-c2cc3ccccc3[nH]2)nc2ccccc21. The van der Waals surface area contributed by atoms with Crippen LogP contribution in [-0.4, -0.2) is 26.5 Å². The number of hydrogen-bond acceptors (Lipinski definition) is 3. The van der Waals surface area contributed by atoms with Gasteiger partial charge in [-0.1, -0.05) is 49.6 Å². The van der Waals surface area contributed by atoms with E-state index in [0.29, 0.717) is 11.4 Å². The summed E-state index contributed by atoms with van der Waals surface area (Å²) in [5.74, 6) is 0.165. The Hall–Kier alpha value is -3.41. The number of amides is 1. The first-order chi connectivity index (χ1) is 16.2. The van der Waals surface area contributed by atoms with Crippen molar-refractivity contribution in [3.63, 3.8) is 0 Å². The lowest BCUT2D eigenvalue weighted by Crippen LogP contribution is -2.44. The number of nitrogens with one attached hydrogen (secondary N) is 2. The van der Waals surface area contributed by atoms with Crippen LogP contribution < -0.4 is 10.9 Å². The predicted molar refractivity (Wildman–Crippen MR) is 130 cm³/mol. The topological polar surface area (TPSA) is 79.8 Å². The Labute approximate surface area is 192 Å². The maximum absolute atomic E-state index is 13.9. The highest BCUT2D eigenvalue weighted by molar-refractivity contribution is 5.88. The summed E-state index contributed by atoms with van der Waals surface area (Å²) in [7, 11) is 0. The van der Waals surface area contributed by atoms with E-state index in [9.17, 15) is 9.59 Å². The fourth-order valence-electron chi connectivity index (χ4n) is 5.29. The van der Waals surface area contributed by atoms with Gasteiger partial charge in [-0.25, -0.2) is 4.98 Å². The molecule has 0 bridgehead atoms. The molecule has 2 aromatic carbocycles. The number of hydrogen-bond donors (Lipinski definition) is 2. The van der Waals surface area contributed by atoms with E-state index in [1.54, 1.807) is 4.57 Å². The second-order valence-electron chi connectivity index (χ2n) is 9.52. The molecule has 2 aromatic heterocycles. The molecule has 1 unspecified atom stereocenters. The Morgan fingerprint density at radius 1 is 1.00 bits per heavy atom. The predicted octanol–water partition coefficient (Wildman–Crippen LogP) is 4.94. The lowest BCUT2D eigenvalue weighted by Gasteiger charge is -2.27. The summed E-state index contributed by atoms with van der Waals surface area (Å²) >= 11 is 0. The van der Waals surface area contributed by atoms with Crippen molar-refractivity contribution in [3.8, 4) is 11.4 Å². The van der Waals surface area contributed by atoms with E-state index >= 15 is 0 Å². The molecule has 2 aliphatic carbocycles. The molecule has 0 radical (unpaired) electrons. The van der Waals surface area contributed by atoms with E-state index in [-0.39, 0.29) is 23.4 Å². The van der Waals surface area contributed by atoms with Gasteiger partial charge >= 0.3 is 0 Å². The van der Waals surface area contributed by atoms with Gasteiger partial charge in [0.25, 0.3) is 5.56 Å². The van der Waals surface area contributed by atoms with E-state index < -0.39 is 6.04 Å². The summed E-state index contributed by atoms with van der Waals surface area (Å²) in [4.78, 5) is 35.6. The van der Waals surface area contributed by atoms with E-state index in [4.69, 9.17) is 4.98 Å². The van der Waals surface area contributed by atoms with Crippen LogP contribution in [0.2, 0.25) is 0 Å². The van der Waals surface area contributed by atoms with Gasteiger partial charge in [0, 0.05) is 16.9 Å². The number of aromatic nitrogens is 3. The number of carbonyl (C=O) groups is 1. The average Bonchev–Trinajstić information content (AvgIpc) is 3.58. The third-order valence-electron chi connectivity index (χ3n) is 7.15. The summed E-state index contributed by atoms with van der Waals surface area (Å²) in [6, 6.07) is 17.3. The number of carbonyl (C=O) groups excluding carboxylic acids is 1. The number of benzene rings is 2. The van der Waals surface area contributed by atoms with Crippen molar-refractivity contribution < 1.29 is 4.79 Å². The second kappa shape index (κ2) is 8.18. The van der Waals surface area contributed by atoms with Crippen LogP contribution in [0.25, 0.3) is 33.3 Å². The first kappa shape index (κ1) is 20.2. The number of H-pyrrole nitrogens is 1. The van der Waals surface area contributed by atoms with Gasteiger partial charge in [-0.3, -0.25) is 14.2 Å². The molecule has 2 aliphatic rings. The molecular weight excluding hydrogens is 412 g/mol. The van der Waals surface area contributed by atoms with Gasteiger partial charge in [-0.05, 0) is 55.9 Å². The molecule has 2 saturated carbocycles. The van der Waals surface area contributed by atoms with E-state index in [1.807, 2.05) is 54.6 Å². The van der Waals surface area contributed by atoms with Crippen LogP contribution in [0.4, 0.5) is 0 Å². The van der Waals surface area contributed by atoms with Gasteiger partial charge < -0.3 is 10.3 Å². The third-order valence-corrected chi connectivity index (χ3v) is 7.15. The standard InChI is InChI=1S/C27H28N4O2/c32-26(28-19-9-2-1-3-10-19)25(17-14-15-17)31-23-13-7-6-12-21(23)30-24(27(31)33)22-16-18-8-4-5-11-20(18)29-22/h4-8,11-13,16-17,19,25,29H,1-3,9-10,14-15H2,(H,28,32). The van der Waals surface area contributed by atoms with Crippen molar-refractivity contribution in [1.82, 2.24) is 19.9 Å². The van der Waals surface area contributed by atoms with Crippen LogP contribution >= 0.6 is 0 Å². The van der Waals surface area contributed by atoms with Gasteiger partial charge in [0.1, 0.15) is 6.04 Å². The van der Waals surface area contributed by atoms with Crippen LogP contribution in [-0.2, 0) is 4.79 Å². The summed E-state index contributed by atoms with van der Waals surface area (Å²) < 4.78 is 1.72. The quantitative estimate of drug-likeness (QED) is 0.461. The van der Waals surface area contributed by atoms with Crippen LogP contribution in [0.1, 0.15) is 51.0 Å². The minimum atomic E-state index is -0.504. The zero-order valence-electron chi connectivity index (χ0n) is 18.6. The van der Waals surface area contributed by atoms with Gasteiger partial charge in [0.05, 0.1) is 16.7 Å². The van der Waals surface area contributed by atoms with E-state index in [2.05, 4.69) is 10.3 Å². The molecule has 1 amide bonds. The first-order valence-corrected chi connectivity index (χ1v) is 12.1. The fourth-order valence-corrected chi connectivity index (χ4v) is 5.29. The number of aromatic amines is 1. The largest absolute Gasteiger partial charge is 0.353 e. The number of rotatable bonds is 5. The number of fused-ring (bicyclic) bond motifs is 2. The number of nitrogens with zero attached hydrogens (tertiary/aromatic N) is 2. The average molecular weight is 441 g/mol. The molecular formula is C27H28N4O2. The molecule has 33 heavy (non-hydrogen) atoms. The summed E-state index contributed by atoms with van der Waals surface area (Å²) in [6.45, 7) is 0.